The highest BCUT2D eigenvalue weighted by molar-refractivity contribution is 5.99. The van der Waals surface area contributed by atoms with Crippen LogP contribution in [0.4, 0.5) is 0 Å². The van der Waals surface area contributed by atoms with Crippen molar-refractivity contribution in [1.82, 2.24) is 0 Å². The largest absolute Gasteiger partial charge is 0.300 e. The Bertz CT molecular complexity index is 402. The van der Waals surface area contributed by atoms with Crippen molar-refractivity contribution in [3.8, 4) is 0 Å². The Balaban J connectivity index is 0.000000555. The molecular weight excluding hydrogens is 236 g/mol. The lowest BCUT2D eigenvalue weighted by molar-refractivity contribution is -0.130. The quantitative estimate of drug-likeness (QED) is 0.761. The molecule has 0 aromatic carbocycles. The summed E-state index contributed by atoms with van der Waals surface area (Å²) in [5.41, 5.74) is 1.19. The molecule has 1 aliphatic rings. The number of hydrogen-bond acceptors (Lipinski definition) is 2. The van der Waals surface area contributed by atoms with Crippen LogP contribution in [0.1, 0.15) is 48.0 Å². The van der Waals surface area contributed by atoms with Gasteiger partial charge >= 0.3 is 0 Å². The summed E-state index contributed by atoms with van der Waals surface area (Å²) in [5.74, 6) is 0.500. The summed E-state index contributed by atoms with van der Waals surface area (Å²) in [4.78, 5) is 22.0. The monoisotopic (exact) mass is 262 g/mol. The van der Waals surface area contributed by atoms with Gasteiger partial charge in [0.15, 0.2) is 5.78 Å². The summed E-state index contributed by atoms with van der Waals surface area (Å²) < 4.78 is 0. The van der Waals surface area contributed by atoms with Crippen LogP contribution in [0.5, 0.6) is 0 Å². The van der Waals surface area contributed by atoms with Crippen molar-refractivity contribution in [2.45, 2.75) is 48.0 Å². The lowest BCUT2D eigenvalue weighted by Gasteiger charge is -2.23. The standard InChI is InChI=1S/C13H18O.C4H8O/c1-7-9-10(8-2)13(5,6)11(14)12(9,3)4;1-3-4(2)5/h7-8H,1-2H2,3-6H3;3H2,1-2H3. The summed E-state index contributed by atoms with van der Waals surface area (Å²) >= 11 is 0. The van der Waals surface area contributed by atoms with Crippen molar-refractivity contribution in [1.29, 1.82) is 0 Å². The average molecular weight is 262 g/mol. The van der Waals surface area contributed by atoms with E-state index >= 15 is 0 Å². The van der Waals surface area contributed by atoms with Gasteiger partial charge < -0.3 is 4.79 Å². The van der Waals surface area contributed by atoms with Crippen molar-refractivity contribution in [2.24, 2.45) is 10.8 Å². The van der Waals surface area contributed by atoms with Gasteiger partial charge in [-0.2, -0.15) is 0 Å². The molecule has 106 valence electrons. The number of carbonyl (C=O) groups is 2. The number of carbonyl (C=O) groups excluding carboxylic acids is 2. The molecule has 0 aliphatic heterocycles. The second-order valence-corrected chi connectivity index (χ2v) is 5.87. The fourth-order valence-corrected chi connectivity index (χ4v) is 2.43. The van der Waals surface area contributed by atoms with E-state index in [2.05, 4.69) is 13.2 Å². The minimum absolute atomic E-state index is 0.245. The Labute approximate surface area is 117 Å². The van der Waals surface area contributed by atoms with E-state index in [0.717, 1.165) is 11.1 Å². The Morgan fingerprint density at radius 3 is 1.47 bits per heavy atom. The van der Waals surface area contributed by atoms with Gasteiger partial charge in [-0.1, -0.05) is 32.2 Å². The molecule has 0 spiro atoms. The first-order valence-corrected chi connectivity index (χ1v) is 6.61. The minimum Gasteiger partial charge on any atom is -0.300 e. The van der Waals surface area contributed by atoms with E-state index in [1.165, 1.54) is 0 Å². The highest BCUT2D eigenvalue weighted by Crippen LogP contribution is 2.50. The molecule has 0 bridgehead atoms. The van der Waals surface area contributed by atoms with Gasteiger partial charge in [-0.15, -0.1) is 0 Å². The lowest BCUT2D eigenvalue weighted by Crippen LogP contribution is -2.30. The zero-order valence-corrected chi connectivity index (χ0v) is 13.1. The summed E-state index contributed by atoms with van der Waals surface area (Å²) in [6.07, 6.45) is 4.23. The van der Waals surface area contributed by atoms with E-state index in [4.69, 9.17) is 0 Å². The van der Waals surface area contributed by atoms with Gasteiger partial charge in [-0.05, 0) is 45.8 Å². The maximum atomic E-state index is 12.2. The van der Waals surface area contributed by atoms with E-state index in [1.54, 1.807) is 19.1 Å². The third-order valence-electron chi connectivity index (χ3n) is 3.68. The van der Waals surface area contributed by atoms with Gasteiger partial charge in [0.25, 0.3) is 0 Å². The average Bonchev–Trinajstić information content (AvgIpc) is 2.46. The molecule has 0 N–H and O–H groups in total. The molecule has 1 aliphatic carbocycles. The van der Waals surface area contributed by atoms with Crippen LogP contribution in [-0.4, -0.2) is 11.6 Å². The topological polar surface area (TPSA) is 34.1 Å². The molecule has 2 nitrogen and oxygen atoms in total. The van der Waals surface area contributed by atoms with E-state index in [1.807, 2.05) is 34.6 Å². The Hall–Kier alpha value is -1.44. The zero-order chi connectivity index (χ0) is 15.4. The minimum atomic E-state index is -0.422. The molecule has 0 aromatic rings. The summed E-state index contributed by atoms with van der Waals surface area (Å²) in [6.45, 7) is 18.8. The van der Waals surface area contributed by atoms with Gasteiger partial charge in [0.05, 0.1) is 0 Å². The summed E-state index contributed by atoms with van der Waals surface area (Å²) in [5, 5.41) is 0. The van der Waals surface area contributed by atoms with E-state index < -0.39 is 10.8 Å². The van der Waals surface area contributed by atoms with Gasteiger partial charge in [0, 0.05) is 17.3 Å². The first-order valence-electron chi connectivity index (χ1n) is 6.61. The van der Waals surface area contributed by atoms with Crippen molar-refractivity contribution in [3.05, 3.63) is 36.5 Å². The van der Waals surface area contributed by atoms with Crippen LogP contribution >= 0.6 is 0 Å². The number of allylic oxidation sites excluding steroid dienone is 4. The van der Waals surface area contributed by atoms with Crippen LogP contribution < -0.4 is 0 Å². The smallest absolute Gasteiger partial charge is 0.152 e. The molecule has 0 saturated heterocycles. The maximum absolute atomic E-state index is 12.2. The highest BCUT2D eigenvalue weighted by Gasteiger charge is 2.49. The number of Topliss-reactive ketones (excluding diaryl/α,β-unsaturated/α-hetero) is 2. The SMILES string of the molecule is C=CC1=C(C=C)C(C)(C)C(=O)C1(C)C.CCC(C)=O. The zero-order valence-electron chi connectivity index (χ0n) is 13.1. The summed E-state index contributed by atoms with van der Waals surface area (Å²) in [7, 11) is 0. The predicted octanol–water partition coefficient (Wildman–Crippen LogP) is 4.28. The van der Waals surface area contributed by atoms with E-state index in [-0.39, 0.29) is 11.6 Å². The highest BCUT2D eigenvalue weighted by atomic mass is 16.1. The second-order valence-electron chi connectivity index (χ2n) is 5.87. The van der Waals surface area contributed by atoms with Crippen molar-refractivity contribution in [2.75, 3.05) is 0 Å². The van der Waals surface area contributed by atoms with Gasteiger partial charge in [-0.25, -0.2) is 0 Å². The fraction of sp³-hybridized carbons (Fsp3) is 0.529. The van der Waals surface area contributed by atoms with Crippen molar-refractivity contribution < 1.29 is 9.59 Å². The van der Waals surface area contributed by atoms with Crippen LogP contribution in [-0.2, 0) is 9.59 Å². The molecule has 2 heteroatoms. The fourth-order valence-electron chi connectivity index (χ4n) is 2.43. The molecule has 0 aromatic heterocycles. The molecule has 0 fully saturated rings. The molecule has 0 heterocycles. The maximum Gasteiger partial charge on any atom is 0.152 e. The predicted molar refractivity (Wildman–Crippen MR) is 81.0 cm³/mol. The third-order valence-corrected chi connectivity index (χ3v) is 3.68. The van der Waals surface area contributed by atoms with Gasteiger partial charge in [-0.3, -0.25) is 4.79 Å². The van der Waals surface area contributed by atoms with Gasteiger partial charge in [0.1, 0.15) is 5.78 Å². The first kappa shape index (κ1) is 17.6. The third kappa shape index (κ3) is 3.31. The molecule has 1 rings (SSSR count). The first-order chi connectivity index (χ1) is 8.57. The molecule has 0 unspecified atom stereocenters. The molecule has 19 heavy (non-hydrogen) atoms. The Morgan fingerprint density at radius 1 is 1.05 bits per heavy atom. The Morgan fingerprint density at radius 2 is 1.32 bits per heavy atom. The molecule has 0 saturated carbocycles. The van der Waals surface area contributed by atoms with Crippen LogP contribution in [0.2, 0.25) is 0 Å². The summed E-state index contributed by atoms with van der Waals surface area (Å²) in [6, 6.07) is 0. The van der Waals surface area contributed by atoms with E-state index in [0.29, 0.717) is 6.42 Å². The van der Waals surface area contributed by atoms with Gasteiger partial charge in [0.2, 0.25) is 0 Å². The second kappa shape index (κ2) is 6.14. The van der Waals surface area contributed by atoms with E-state index in [9.17, 15) is 9.59 Å². The van der Waals surface area contributed by atoms with Crippen LogP contribution in [0.15, 0.2) is 36.5 Å². The van der Waals surface area contributed by atoms with Crippen LogP contribution in [0.3, 0.4) is 0 Å². The molecule has 0 amide bonds. The lowest BCUT2D eigenvalue weighted by atomic mass is 9.78. The molecular formula is C17H26O2. The normalized spacial score (nSPS) is 19.6. The molecule has 0 atom stereocenters. The van der Waals surface area contributed by atoms with Crippen molar-refractivity contribution in [3.63, 3.8) is 0 Å². The van der Waals surface area contributed by atoms with Crippen LogP contribution in [0, 0.1) is 10.8 Å². The molecule has 0 radical (unpaired) electrons. The number of ketones is 2. The van der Waals surface area contributed by atoms with Crippen molar-refractivity contribution >= 4 is 11.6 Å². The number of hydrogen-bond donors (Lipinski definition) is 0. The number of rotatable bonds is 3. The Kier molecular flexibility index (Phi) is 5.67. The van der Waals surface area contributed by atoms with Crippen LogP contribution in [0.25, 0.3) is 0 Å².